The summed E-state index contributed by atoms with van der Waals surface area (Å²) in [6, 6.07) is 23.5. The zero-order valence-corrected chi connectivity index (χ0v) is 16.5. The molecular formula is C25H19F3N2O. The standard InChI is InChI=1S/C25H19F3N2O/c26-25(27,28)21(18-9-3-1-4-10-18)17-23(31)24(20-12-5-2-6-13-20)29-30-16-15-19-11-7-8-14-22(19)30/h1-14,17H,15-16H2/b21-17-,29-24+. The fraction of sp³-hybridized carbons (Fsp3) is 0.120. The monoisotopic (exact) mass is 420 g/mol. The average Bonchev–Trinajstić information content (AvgIpc) is 3.19. The first-order valence-corrected chi connectivity index (χ1v) is 9.81. The number of hydrazone groups is 1. The van der Waals surface area contributed by atoms with E-state index < -0.39 is 17.5 Å². The molecule has 0 amide bonds. The van der Waals surface area contributed by atoms with Crippen LogP contribution in [-0.4, -0.2) is 24.2 Å². The van der Waals surface area contributed by atoms with E-state index in [0.29, 0.717) is 18.2 Å². The fourth-order valence-corrected chi connectivity index (χ4v) is 3.54. The van der Waals surface area contributed by atoms with Crippen LogP contribution in [0.15, 0.2) is 96.1 Å². The molecule has 31 heavy (non-hydrogen) atoms. The van der Waals surface area contributed by atoms with Crippen LogP contribution in [0.5, 0.6) is 0 Å². The zero-order valence-electron chi connectivity index (χ0n) is 16.5. The summed E-state index contributed by atoms with van der Waals surface area (Å²) in [7, 11) is 0. The average molecular weight is 420 g/mol. The van der Waals surface area contributed by atoms with Gasteiger partial charge in [0.2, 0.25) is 5.78 Å². The lowest BCUT2D eigenvalue weighted by atomic mass is 10.00. The number of hydrogen-bond donors (Lipinski definition) is 0. The van der Waals surface area contributed by atoms with E-state index in [4.69, 9.17) is 0 Å². The number of hydrogen-bond acceptors (Lipinski definition) is 3. The minimum atomic E-state index is -4.68. The molecule has 0 bridgehead atoms. The van der Waals surface area contributed by atoms with Gasteiger partial charge in [0.1, 0.15) is 5.71 Å². The first-order chi connectivity index (χ1) is 14.9. The Labute approximate surface area is 178 Å². The van der Waals surface area contributed by atoms with Crippen LogP contribution in [0.3, 0.4) is 0 Å². The van der Waals surface area contributed by atoms with E-state index in [2.05, 4.69) is 5.10 Å². The van der Waals surface area contributed by atoms with Gasteiger partial charge in [-0.2, -0.15) is 18.3 Å². The summed E-state index contributed by atoms with van der Waals surface area (Å²) in [6.07, 6.45) is -3.29. The van der Waals surface area contributed by atoms with Crippen molar-refractivity contribution in [2.75, 3.05) is 11.6 Å². The Balaban J connectivity index is 1.79. The molecule has 6 heteroatoms. The van der Waals surface area contributed by atoms with Gasteiger partial charge in [0.05, 0.1) is 11.3 Å². The SMILES string of the molecule is O=C(/C=C(/c1ccccc1)C(F)(F)F)/C(=N/N1CCc2ccccc21)c1ccccc1. The summed E-state index contributed by atoms with van der Waals surface area (Å²) in [5.41, 5.74) is 1.30. The lowest BCUT2D eigenvalue weighted by Crippen LogP contribution is -2.23. The number of allylic oxidation sites excluding steroid dienone is 2. The molecule has 3 aromatic rings. The predicted molar refractivity (Wildman–Crippen MR) is 116 cm³/mol. The smallest absolute Gasteiger partial charge is 0.287 e. The maximum atomic E-state index is 13.8. The second kappa shape index (κ2) is 8.60. The molecule has 0 spiro atoms. The predicted octanol–water partition coefficient (Wildman–Crippen LogP) is 5.67. The van der Waals surface area contributed by atoms with Gasteiger partial charge in [0, 0.05) is 18.2 Å². The Morgan fingerprint density at radius 3 is 2.06 bits per heavy atom. The molecule has 0 atom stereocenters. The number of halogens is 3. The molecule has 4 rings (SSSR count). The van der Waals surface area contributed by atoms with Crippen molar-refractivity contribution < 1.29 is 18.0 Å². The van der Waals surface area contributed by atoms with E-state index in [1.165, 1.54) is 24.3 Å². The van der Waals surface area contributed by atoms with Crippen molar-refractivity contribution in [3.63, 3.8) is 0 Å². The number of ketones is 1. The minimum absolute atomic E-state index is 0.0324. The van der Waals surface area contributed by atoms with E-state index in [9.17, 15) is 18.0 Å². The van der Waals surface area contributed by atoms with Crippen LogP contribution in [-0.2, 0) is 11.2 Å². The highest BCUT2D eigenvalue weighted by Gasteiger charge is 2.36. The van der Waals surface area contributed by atoms with Crippen LogP contribution < -0.4 is 5.01 Å². The number of fused-ring (bicyclic) bond motifs is 1. The molecule has 0 saturated heterocycles. The number of para-hydroxylation sites is 1. The number of anilines is 1. The molecule has 0 saturated carbocycles. The topological polar surface area (TPSA) is 32.7 Å². The van der Waals surface area contributed by atoms with Crippen LogP contribution in [0.4, 0.5) is 18.9 Å². The Morgan fingerprint density at radius 1 is 0.839 bits per heavy atom. The molecule has 1 aliphatic heterocycles. The maximum Gasteiger partial charge on any atom is 0.417 e. The van der Waals surface area contributed by atoms with E-state index in [-0.39, 0.29) is 11.3 Å². The van der Waals surface area contributed by atoms with Gasteiger partial charge in [-0.3, -0.25) is 9.80 Å². The normalized spacial score (nSPS) is 14.5. The Kier molecular flexibility index (Phi) is 5.71. The summed E-state index contributed by atoms with van der Waals surface area (Å²) < 4.78 is 41.3. The zero-order chi connectivity index (χ0) is 21.8. The molecule has 0 N–H and O–H groups in total. The molecule has 3 nitrogen and oxygen atoms in total. The van der Waals surface area contributed by atoms with Crippen LogP contribution >= 0.6 is 0 Å². The molecule has 0 aliphatic carbocycles. The van der Waals surface area contributed by atoms with Crippen LogP contribution in [0.25, 0.3) is 5.57 Å². The highest BCUT2D eigenvalue weighted by atomic mass is 19.4. The maximum absolute atomic E-state index is 13.8. The number of nitrogens with zero attached hydrogens (tertiary/aromatic N) is 2. The van der Waals surface area contributed by atoms with Gasteiger partial charge < -0.3 is 0 Å². The molecular weight excluding hydrogens is 401 g/mol. The van der Waals surface area contributed by atoms with Gasteiger partial charge in [0.25, 0.3) is 0 Å². The molecule has 1 aliphatic rings. The highest BCUT2D eigenvalue weighted by molar-refractivity contribution is 6.50. The third kappa shape index (κ3) is 4.58. The molecule has 156 valence electrons. The molecule has 0 radical (unpaired) electrons. The Bertz CT molecular complexity index is 1140. The molecule has 0 unspecified atom stereocenters. The van der Waals surface area contributed by atoms with Gasteiger partial charge in [0.15, 0.2) is 0 Å². The van der Waals surface area contributed by atoms with Crippen molar-refractivity contribution in [2.24, 2.45) is 5.10 Å². The van der Waals surface area contributed by atoms with Gasteiger partial charge in [-0.15, -0.1) is 0 Å². The van der Waals surface area contributed by atoms with E-state index >= 15 is 0 Å². The molecule has 1 heterocycles. The summed E-state index contributed by atoms with van der Waals surface area (Å²) in [5.74, 6) is -0.799. The molecule has 3 aromatic carbocycles. The number of carbonyl (C=O) groups is 1. The van der Waals surface area contributed by atoms with E-state index in [0.717, 1.165) is 17.7 Å². The molecule has 0 aromatic heterocycles. The second-order valence-corrected chi connectivity index (χ2v) is 7.10. The lowest BCUT2D eigenvalue weighted by molar-refractivity contribution is -0.109. The van der Waals surface area contributed by atoms with Crippen molar-refractivity contribution in [3.05, 3.63) is 108 Å². The minimum Gasteiger partial charge on any atom is -0.287 e. The van der Waals surface area contributed by atoms with Crippen LogP contribution in [0, 0.1) is 0 Å². The van der Waals surface area contributed by atoms with Gasteiger partial charge in [-0.1, -0.05) is 78.9 Å². The number of carbonyl (C=O) groups excluding carboxylic acids is 1. The van der Waals surface area contributed by atoms with Gasteiger partial charge >= 0.3 is 6.18 Å². The van der Waals surface area contributed by atoms with Crippen molar-refractivity contribution in [3.8, 4) is 0 Å². The van der Waals surface area contributed by atoms with Gasteiger partial charge in [-0.05, 0) is 23.6 Å². The first kappa shape index (κ1) is 20.6. The van der Waals surface area contributed by atoms with Crippen molar-refractivity contribution >= 4 is 22.8 Å². The third-order valence-electron chi connectivity index (χ3n) is 5.03. The van der Waals surface area contributed by atoms with E-state index in [1.807, 2.05) is 24.3 Å². The van der Waals surface area contributed by atoms with Crippen molar-refractivity contribution in [2.45, 2.75) is 12.6 Å². The van der Waals surface area contributed by atoms with Crippen molar-refractivity contribution in [1.29, 1.82) is 0 Å². The Hall–Kier alpha value is -3.67. The summed E-state index contributed by atoms with van der Waals surface area (Å²) in [6.45, 7) is 0.553. The number of rotatable bonds is 5. The summed E-state index contributed by atoms with van der Waals surface area (Å²) in [5, 5.41) is 6.18. The highest BCUT2D eigenvalue weighted by Crippen LogP contribution is 2.34. The van der Waals surface area contributed by atoms with Crippen molar-refractivity contribution in [1.82, 2.24) is 0 Å². The number of alkyl halides is 3. The number of benzene rings is 3. The van der Waals surface area contributed by atoms with Crippen LogP contribution in [0.1, 0.15) is 16.7 Å². The third-order valence-corrected chi connectivity index (χ3v) is 5.03. The summed E-state index contributed by atoms with van der Waals surface area (Å²) >= 11 is 0. The lowest BCUT2D eigenvalue weighted by Gasteiger charge is -2.16. The quantitative estimate of drug-likeness (QED) is 0.394. The summed E-state index contributed by atoms with van der Waals surface area (Å²) in [4.78, 5) is 13.1. The second-order valence-electron chi connectivity index (χ2n) is 7.10. The first-order valence-electron chi connectivity index (χ1n) is 9.81. The van der Waals surface area contributed by atoms with E-state index in [1.54, 1.807) is 41.4 Å². The Morgan fingerprint density at radius 2 is 1.42 bits per heavy atom. The largest absolute Gasteiger partial charge is 0.417 e. The van der Waals surface area contributed by atoms with Crippen LogP contribution in [0.2, 0.25) is 0 Å². The molecule has 0 fully saturated rings. The fourth-order valence-electron chi connectivity index (χ4n) is 3.54. The van der Waals surface area contributed by atoms with Gasteiger partial charge in [-0.25, -0.2) is 0 Å².